The van der Waals surface area contributed by atoms with Gasteiger partial charge in [0.05, 0.1) is 12.7 Å². The van der Waals surface area contributed by atoms with Crippen molar-refractivity contribution in [1.82, 2.24) is 9.88 Å². The number of nitrogens with zero attached hydrogens (tertiary/aromatic N) is 2. The zero-order chi connectivity index (χ0) is 15.9. The molecule has 1 aromatic carbocycles. The quantitative estimate of drug-likeness (QED) is 0.788. The molecule has 2 aromatic rings. The molecule has 116 valence electrons. The number of carbonyl (C=O) groups excluding carboxylic acids is 1. The van der Waals surface area contributed by atoms with E-state index in [2.05, 4.69) is 20.9 Å². The van der Waals surface area contributed by atoms with Gasteiger partial charge in [0.2, 0.25) is 0 Å². The summed E-state index contributed by atoms with van der Waals surface area (Å²) >= 11 is 3.41. The molecule has 1 heterocycles. The van der Waals surface area contributed by atoms with E-state index in [0.717, 1.165) is 10.9 Å². The first-order chi connectivity index (χ1) is 10.7. The van der Waals surface area contributed by atoms with Crippen molar-refractivity contribution in [1.29, 1.82) is 0 Å². The van der Waals surface area contributed by atoms with Crippen LogP contribution >= 0.6 is 15.9 Å². The number of hydrogen-bond acceptors (Lipinski definition) is 3. The number of methoxy groups -OCH3 is 1. The van der Waals surface area contributed by atoms with Gasteiger partial charge in [-0.15, -0.1) is 0 Å². The molecule has 0 bridgehead atoms. The van der Waals surface area contributed by atoms with Crippen LogP contribution in [-0.2, 0) is 6.42 Å². The Morgan fingerprint density at radius 1 is 1.27 bits per heavy atom. The fraction of sp³-hybridized carbons (Fsp3) is 0.294. The third kappa shape index (κ3) is 4.07. The Hall–Kier alpha value is -1.88. The van der Waals surface area contributed by atoms with Crippen LogP contribution in [0.2, 0.25) is 0 Å². The number of rotatable bonds is 6. The Morgan fingerprint density at radius 3 is 2.64 bits per heavy atom. The maximum absolute atomic E-state index is 12.7. The molecule has 2 rings (SSSR count). The van der Waals surface area contributed by atoms with E-state index in [0.29, 0.717) is 24.4 Å². The largest absolute Gasteiger partial charge is 0.496 e. The van der Waals surface area contributed by atoms with Gasteiger partial charge in [0.15, 0.2) is 0 Å². The van der Waals surface area contributed by atoms with Crippen LogP contribution in [0.4, 0.5) is 0 Å². The van der Waals surface area contributed by atoms with Gasteiger partial charge in [-0.05, 0) is 49.2 Å². The van der Waals surface area contributed by atoms with Gasteiger partial charge in [0, 0.05) is 30.0 Å². The van der Waals surface area contributed by atoms with Crippen molar-refractivity contribution in [2.24, 2.45) is 0 Å². The summed E-state index contributed by atoms with van der Waals surface area (Å²) in [5, 5.41) is 0. The van der Waals surface area contributed by atoms with E-state index in [1.165, 1.54) is 5.56 Å². The molecule has 0 saturated heterocycles. The van der Waals surface area contributed by atoms with Crippen LogP contribution in [0.3, 0.4) is 0 Å². The number of halogens is 1. The number of likely N-dealkylation sites (N-methyl/N-ethyl adjacent to an activating group) is 1. The SMILES string of the molecule is CCN(CCc1ccncc1)C(=O)c1cc(Br)ccc1OC. The van der Waals surface area contributed by atoms with E-state index in [-0.39, 0.29) is 5.91 Å². The molecular formula is C17H19BrN2O2. The van der Waals surface area contributed by atoms with E-state index >= 15 is 0 Å². The number of pyridine rings is 1. The van der Waals surface area contributed by atoms with Crippen molar-refractivity contribution in [2.75, 3.05) is 20.2 Å². The predicted molar refractivity (Wildman–Crippen MR) is 90.2 cm³/mol. The lowest BCUT2D eigenvalue weighted by Gasteiger charge is -2.22. The van der Waals surface area contributed by atoms with Crippen molar-refractivity contribution in [3.8, 4) is 5.75 Å². The van der Waals surface area contributed by atoms with Crippen molar-refractivity contribution in [3.05, 3.63) is 58.3 Å². The Bertz CT molecular complexity index is 632. The highest BCUT2D eigenvalue weighted by atomic mass is 79.9. The maximum atomic E-state index is 12.7. The van der Waals surface area contributed by atoms with Gasteiger partial charge in [0.25, 0.3) is 5.91 Å². The number of amides is 1. The zero-order valence-electron chi connectivity index (χ0n) is 12.8. The van der Waals surface area contributed by atoms with Gasteiger partial charge in [-0.3, -0.25) is 9.78 Å². The lowest BCUT2D eigenvalue weighted by atomic mass is 10.1. The monoisotopic (exact) mass is 362 g/mol. The van der Waals surface area contributed by atoms with Gasteiger partial charge in [-0.1, -0.05) is 15.9 Å². The van der Waals surface area contributed by atoms with E-state index < -0.39 is 0 Å². The van der Waals surface area contributed by atoms with Gasteiger partial charge >= 0.3 is 0 Å². The number of carbonyl (C=O) groups is 1. The minimum absolute atomic E-state index is 0.0188. The second-order valence-electron chi connectivity index (χ2n) is 4.83. The molecule has 1 amide bonds. The molecule has 0 aliphatic heterocycles. The van der Waals surface area contributed by atoms with E-state index in [1.54, 1.807) is 31.6 Å². The lowest BCUT2D eigenvalue weighted by Crippen LogP contribution is -2.33. The Morgan fingerprint density at radius 2 is 2.00 bits per heavy atom. The highest BCUT2D eigenvalue weighted by Gasteiger charge is 2.18. The second-order valence-corrected chi connectivity index (χ2v) is 5.75. The normalized spacial score (nSPS) is 10.3. The Labute approximate surface area is 139 Å². The van der Waals surface area contributed by atoms with Crippen molar-refractivity contribution < 1.29 is 9.53 Å². The van der Waals surface area contributed by atoms with Gasteiger partial charge in [-0.2, -0.15) is 0 Å². The summed E-state index contributed by atoms with van der Waals surface area (Å²) in [6.45, 7) is 3.30. The number of ether oxygens (including phenoxy) is 1. The topological polar surface area (TPSA) is 42.4 Å². The van der Waals surface area contributed by atoms with Crippen LogP contribution in [0.15, 0.2) is 47.2 Å². The van der Waals surface area contributed by atoms with Gasteiger partial charge in [0.1, 0.15) is 5.75 Å². The summed E-state index contributed by atoms with van der Waals surface area (Å²) in [7, 11) is 1.58. The first-order valence-electron chi connectivity index (χ1n) is 7.17. The highest BCUT2D eigenvalue weighted by Crippen LogP contribution is 2.24. The van der Waals surface area contributed by atoms with E-state index in [4.69, 9.17) is 4.74 Å². The summed E-state index contributed by atoms with van der Waals surface area (Å²) in [5.41, 5.74) is 1.75. The van der Waals surface area contributed by atoms with Crippen molar-refractivity contribution >= 4 is 21.8 Å². The molecule has 4 nitrogen and oxygen atoms in total. The molecule has 0 radical (unpaired) electrons. The second kappa shape index (κ2) is 7.94. The first kappa shape index (κ1) is 16.5. The minimum atomic E-state index is -0.0188. The molecule has 0 aliphatic rings. The van der Waals surface area contributed by atoms with E-state index in [1.807, 2.05) is 30.0 Å². The number of aromatic nitrogens is 1. The standard InChI is InChI=1S/C17H19BrN2O2/c1-3-20(11-8-13-6-9-19-10-7-13)17(21)15-12-14(18)4-5-16(15)22-2/h4-7,9-10,12H,3,8,11H2,1-2H3. The minimum Gasteiger partial charge on any atom is -0.496 e. The zero-order valence-corrected chi connectivity index (χ0v) is 14.3. The summed E-state index contributed by atoms with van der Waals surface area (Å²) in [4.78, 5) is 18.6. The molecular weight excluding hydrogens is 344 g/mol. The molecule has 0 fully saturated rings. The van der Waals surface area contributed by atoms with Crippen LogP contribution in [0, 0.1) is 0 Å². The lowest BCUT2D eigenvalue weighted by molar-refractivity contribution is 0.0762. The van der Waals surface area contributed by atoms with E-state index in [9.17, 15) is 4.79 Å². The molecule has 1 aromatic heterocycles. The smallest absolute Gasteiger partial charge is 0.257 e. The number of benzene rings is 1. The van der Waals surface area contributed by atoms with Crippen LogP contribution in [0.5, 0.6) is 5.75 Å². The summed E-state index contributed by atoms with van der Waals surface area (Å²) in [6.07, 6.45) is 4.34. The summed E-state index contributed by atoms with van der Waals surface area (Å²) in [6, 6.07) is 9.41. The third-order valence-electron chi connectivity index (χ3n) is 3.48. The molecule has 0 N–H and O–H groups in total. The molecule has 22 heavy (non-hydrogen) atoms. The van der Waals surface area contributed by atoms with Crippen LogP contribution in [-0.4, -0.2) is 36.0 Å². The molecule has 0 unspecified atom stereocenters. The van der Waals surface area contributed by atoms with Gasteiger partial charge in [-0.25, -0.2) is 0 Å². The number of hydrogen-bond donors (Lipinski definition) is 0. The summed E-state index contributed by atoms with van der Waals surface area (Å²) in [5.74, 6) is 0.574. The van der Waals surface area contributed by atoms with Gasteiger partial charge < -0.3 is 9.64 Å². The highest BCUT2D eigenvalue weighted by molar-refractivity contribution is 9.10. The van der Waals surface area contributed by atoms with Crippen LogP contribution in [0.25, 0.3) is 0 Å². The van der Waals surface area contributed by atoms with Crippen LogP contribution in [0.1, 0.15) is 22.8 Å². The molecule has 0 saturated carbocycles. The maximum Gasteiger partial charge on any atom is 0.257 e. The Kier molecular flexibility index (Phi) is 5.95. The molecule has 5 heteroatoms. The average molecular weight is 363 g/mol. The Balaban J connectivity index is 2.13. The molecule has 0 atom stereocenters. The molecule has 0 spiro atoms. The average Bonchev–Trinajstić information content (AvgIpc) is 2.56. The first-order valence-corrected chi connectivity index (χ1v) is 7.96. The van der Waals surface area contributed by atoms with Crippen LogP contribution < -0.4 is 4.74 Å². The predicted octanol–water partition coefficient (Wildman–Crippen LogP) is 3.56. The van der Waals surface area contributed by atoms with Crippen molar-refractivity contribution in [3.63, 3.8) is 0 Å². The fourth-order valence-corrected chi connectivity index (χ4v) is 2.60. The van der Waals surface area contributed by atoms with Crippen molar-refractivity contribution in [2.45, 2.75) is 13.3 Å². The summed E-state index contributed by atoms with van der Waals surface area (Å²) < 4.78 is 6.17. The third-order valence-corrected chi connectivity index (χ3v) is 3.97. The molecule has 0 aliphatic carbocycles. The fourth-order valence-electron chi connectivity index (χ4n) is 2.23.